The van der Waals surface area contributed by atoms with Crippen molar-refractivity contribution in [1.29, 1.82) is 0 Å². The van der Waals surface area contributed by atoms with Crippen LogP contribution in [0.1, 0.15) is 30.5 Å². The third-order valence-electron chi connectivity index (χ3n) is 7.01. The third kappa shape index (κ3) is 5.32. The van der Waals surface area contributed by atoms with Gasteiger partial charge in [0.25, 0.3) is 17.1 Å². The Morgan fingerprint density at radius 1 is 0.951 bits per heavy atom. The summed E-state index contributed by atoms with van der Waals surface area (Å²) < 4.78 is 10.4. The Bertz CT molecular complexity index is 1500. The molecule has 5 rings (SSSR count). The summed E-state index contributed by atoms with van der Waals surface area (Å²) in [6, 6.07) is 22.9. The maximum atomic E-state index is 13.9. The van der Waals surface area contributed by atoms with Gasteiger partial charge in [-0.3, -0.25) is 19.9 Å². The maximum Gasteiger partial charge on any atom is 0.347 e. The molecule has 2 fully saturated rings. The van der Waals surface area contributed by atoms with E-state index in [0.717, 1.165) is 11.1 Å². The van der Waals surface area contributed by atoms with Crippen LogP contribution in [0.25, 0.3) is 0 Å². The second kappa shape index (κ2) is 11.2. The van der Waals surface area contributed by atoms with Gasteiger partial charge in [0.05, 0.1) is 4.92 Å². The topological polar surface area (TPSA) is 128 Å². The molecule has 0 saturated carbocycles. The summed E-state index contributed by atoms with van der Waals surface area (Å²) in [5, 5.41) is 10.2. The number of β-lactam (4-membered cyclic amide) rings is 1. The summed E-state index contributed by atoms with van der Waals surface area (Å²) in [6.45, 7) is 3.62. The number of fused-ring (bicyclic) bond motifs is 1. The number of carbonyl (C=O) groups excluding carboxylic acids is 3. The molecule has 210 valence electrons. The van der Waals surface area contributed by atoms with Crippen molar-refractivity contribution < 1.29 is 28.8 Å². The van der Waals surface area contributed by atoms with E-state index < -0.39 is 44.5 Å². The standard InChI is InChI=1S/C30H27N3O7S/c1-29(2)24(25(34)39-18-21-9-5-3-6-10-21)32-26(35)30(27(32)41-29,28(36)40-19-22-11-7-4-8-12-22)31-17-20-13-15-23(16-14-20)33(37)38/h3-17,24,27H,18-19H2,1-2H3/b31-17+/t24-,27+,30?/m0/s1. The molecule has 1 amide bonds. The molecule has 2 aliphatic heterocycles. The predicted molar refractivity (Wildman–Crippen MR) is 152 cm³/mol. The van der Waals surface area contributed by atoms with E-state index in [-0.39, 0.29) is 18.9 Å². The molecule has 0 N–H and O–H groups in total. The first-order valence-electron chi connectivity index (χ1n) is 12.9. The van der Waals surface area contributed by atoms with Gasteiger partial charge in [0.15, 0.2) is 0 Å². The maximum absolute atomic E-state index is 13.9. The molecule has 0 bridgehead atoms. The van der Waals surface area contributed by atoms with E-state index in [2.05, 4.69) is 4.99 Å². The van der Waals surface area contributed by atoms with Crippen LogP contribution in [-0.2, 0) is 37.1 Å². The molecular weight excluding hydrogens is 546 g/mol. The highest BCUT2D eigenvalue weighted by atomic mass is 32.2. The zero-order chi connectivity index (χ0) is 29.2. The number of hydrogen-bond acceptors (Lipinski definition) is 9. The summed E-state index contributed by atoms with van der Waals surface area (Å²) in [5.74, 6) is -2.08. The lowest BCUT2D eigenvalue weighted by atomic mass is 9.85. The largest absolute Gasteiger partial charge is 0.459 e. The van der Waals surface area contributed by atoms with Crippen LogP contribution < -0.4 is 0 Å². The van der Waals surface area contributed by atoms with Crippen LogP contribution in [0.4, 0.5) is 5.69 Å². The summed E-state index contributed by atoms with van der Waals surface area (Å²) in [6.07, 6.45) is 1.33. The Labute approximate surface area is 240 Å². The van der Waals surface area contributed by atoms with Crippen LogP contribution in [0, 0.1) is 10.1 Å². The van der Waals surface area contributed by atoms with E-state index in [4.69, 9.17) is 9.47 Å². The van der Waals surface area contributed by atoms with E-state index in [1.807, 2.05) is 62.4 Å². The average Bonchev–Trinajstić information content (AvgIpc) is 3.24. The van der Waals surface area contributed by atoms with Crippen molar-refractivity contribution in [2.45, 2.75) is 48.8 Å². The van der Waals surface area contributed by atoms with Crippen LogP contribution in [-0.4, -0.2) is 55.6 Å². The predicted octanol–water partition coefficient (Wildman–Crippen LogP) is 4.30. The number of thioether (sulfide) groups is 1. The van der Waals surface area contributed by atoms with Crippen molar-refractivity contribution in [3.63, 3.8) is 0 Å². The molecule has 0 radical (unpaired) electrons. The molecule has 3 aromatic rings. The molecule has 0 aliphatic carbocycles. The normalized spacial score (nSPS) is 22.6. The van der Waals surface area contributed by atoms with Crippen LogP contribution in [0.2, 0.25) is 0 Å². The lowest BCUT2D eigenvalue weighted by Gasteiger charge is -2.48. The van der Waals surface area contributed by atoms with Gasteiger partial charge >= 0.3 is 11.9 Å². The first-order valence-corrected chi connectivity index (χ1v) is 13.7. The SMILES string of the molecule is CC1(C)S[C@H]2N(C(=O)C2(/N=C/c2ccc([N+](=O)[O-])cc2)C(=O)OCc2ccccc2)[C@H]1C(=O)OCc1ccccc1. The Hall–Kier alpha value is -4.51. The van der Waals surface area contributed by atoms with Crippen molar-refractivity contribution in [2.24, 2.45) is 4.99 Å². The molecule has 11 heteroatoms. The Kier molecular flexibility index (Phi) is 7.63. The molecule has 2 heterocycles. The van der Waals surface area contributed by atoms with Gasteiger partial charge in [-0.05, 0) is 42.7 Å². The fourth-order valence-electron chi connectivity index (χ4n) is 4.88. The second-order valence-corrected chi connectivity index (χ2v) is 12.0. The average molecular weight is 574 g/mol. The number of aliphatic imine (C=N–C) groups is 1. The highest BCUT2D eigenvalue weighted by molar-refractivity contribution is 8.01. The number of non-ortho nitro benzene ring substituents is 1. The summed E-state index contributed by atoms with van der Waals surface area (Å²) >= 11 is 1.28. The summed E-state index contributed by atoms with van der Waals surface area (Å²) in [4.78, 5) is 57.1. The highest BCUT2D eigenvalue weighted by Crippen LogP contribution is 2.57. The summed E-state index contributed by atoms with van der Waals surface area (Å²) in [5.41, 5.74) is -0.0383. The number of nitro benzene ring substituents is 1. The Balaban J connectivity index is 1.42. The van der Waals surface area contributed by atoms with E-state index in [1.54, 1.807) is 12.1 Å². The van der Waals surface area contributed by atoms with Crippen LogP contribution in [0.15, 0.2) is 89.9 Å². The molecule has 41 heavy (non-hydrogen) atoms. The van der Waals surface area contributed by atoms with Gasteiger partial charge in [0.2, 0.25) is 0 Å². The minimum atomic E-state index is -1.94. The lowest BCUT2D eigenvalue weighted by Crippen LogP contribution is -2.76. The van der Waals surface area contributed by atoms with Gasteiger partial charge < -0.3 is 14.4 Å². The number of carbonyl (C=O) groups is 3. The molecular formula is C30H27N3O7S. The van der Waals surface area contributed by atoms with Crippen molar-refractivity contribution in [3.8, 4) is 0 Å². The zero-order valence-electron chi connectivity index (χ0n) is 22.3. The minimum absolute atomic E-state index is 0.0478. The fraction of sp³-hybridized carbons (Fsp3) is 0.267. The lowest BCUT2D eigenvalue weighted by molar-refractivity contribution is -0.384. The van der Waals surface area contributed by atoms with E-state index in [0.29, 0.717) is 5.56 Å². The smallest absolute Gasteiger partial charge is 0.347 e. The Morgan fingerprint density at radius 2 is 1.51 bits per heavy atom. The number of ether oxygens (including phenoxy) is 2. The van der Waals surface area contributed by atoms with Crippen LogP contribution >= 0.6 is 11.8 Å². The van der Waals surface area contributed by atoms with E-state index >= 15 is 0 Å². The number of rotatable bonds is 9. The monoisotopic (exact) mass is 573 g/mol. The molecule has 1 unspecified atom stereocenters. The molecule has 0 spiro atoms. The number of benzene rings is 3. The van der Waals surface area contributed by atoms with Crippen molar-refractivity contribution in [2.75, 3.05) is 0 Å². The molecule has 3 aromatic carbocycles. The van der Waals surface area contributed by atoms with Crippen molar-refractivity contribution in [3.05, 3.63) is 112 Å². The number of nitro groups is 1. The second-order valence-electron chi connectivity index (χ2n) is 10.2. The van der Waals surface area contributed by atoms with Gasteiger partial charge in [-0.25, -0.2) is 9.59 Å². The van der Waals surface area contributed by atoms with E-state index in [9.17, 15) is 24.5 Å². The Morgan fingerprint density at radius 3 is 2.07 bits per heavy atom. The number of amides is 1. The third-order valence-corrected chi connectivity index (χ3v) is 8.64. The van der Waals surface area contributed by atoms with Crippen LogP contribution in [0.3, 0.4) is 0 Å². The van der Waals surface area contributed by atoms with Crippen molar-refractivity contribution in [1.82, 2.24) is 4.90 Å². The van der Waals surface area contributed by atoms with Gasteiger partial charge in [-0.1, -0.05) is 60.7 Å². The van der Waals surface area contributed by atoms with Crippen molar-refractivity contribution >= 4 is 41.5 Å². The molecule has 3 atom stereocenters. The molecule has 2 saturated heterocycles. The molecule has 0 aromatic heterocycles. The van der Waals surface area contributed by atoms with Gasteiger partial charge in [0, 0.05) is 23.1 Å². The van der Waals surface area contributed by atoms with E-state index in [1.165, 1.54) is 47.1 Å². The summed E-state index contributed by atoms with van der Waals surface area (Å²) in [7, 11) is 0. The van der Waals surface area contributed by atoms with Gasteiger partial charge in [-0.15, -0.1) is 11.8 Å². The zero-order valence-corrected chi connectivity index (χ0v) is 23.2. The number of nitrogens with zero attached hydrogens (tertiary/aromatic N) is 3. The quantitative estimate of drug-likeness (QED) is 0.0926. The highest BCUT2D eigenvalue weighted by Gasteiger charge is 2.76. The molecule has 10 nitrogen and oxygen atoms in total. The first kappa shape index (κ1) is 28.0. The first-order chi connectivity index (χ1) is 19.6. The number of esters is 2. The number of hydrogen-bond donors (Lipinski definition) is 0. The van der Waals surface area contributed by atoms with Crippen LogP contribution in [0.5, 0.6) is 0 Å². The molecule has 2 aliphatic rings. The minimum Gasteiger partial charge on any atom is -0.459 e. The fourth-order valence-corrected chi connectivity index (χ4v) is 6.56. The van der Waals surface area contributed by atoms with Gasteiger partial charge in [-0.2, -0.15) is 0 Å². The van der Waals surface area contributed by atoms with Gasteiger partial charge in [0.1, 0.15) is 24.6 Å².